The van der Waals surface area contributed by atoms with Crippen molar-refractivity contribution in [2.75, 3.05) is 27.3 Å². The van der Waals surface area contributed by atoms with Crippen LogP contribution in [0.1, 0.15) is 47.4 Å². The molecule has 1 unspecified atom stereocenters. The second kappa shape index (κ2) is 8.94. The van der Waals surface area contributed by atoms with Crippen molar-refractivity contribution in [1.82, 2.24) is 9.30 Å². The van der Waals surface area contributed by atoms with Gasteiger partial charge in [-0.3, -0.25) is 9.69 Å². The van der Waals surface area contributed by atoms with Crippen LogP contribution < -0.4 is 0 Å². The topological polar surface area (TPSA) is 54.2 Å². The van der Waals surface area contributed by atoms with Crippen molar-refractivity contribution in [2.45, 2.75) is 38.8 Å². The summed E-state index contributed by atoms with van der Waals surface area (Å²) in [5, 5.41) is 7.00. The minimum Gasteiger partial charge on any atom is -0.400 e. The summed E-state index contributed by atoms with van der Waals surface area (Å²) in [5.41, 5.74) is 4.10. The summed E-state index contributed by atoms with van der Waals surface area (Å²) in [6.07, 6.45) is 5.55. The average Bonchev–Trinajstić information content (AvgIpc) is 3.02. The molecule has 1 saturated heterocycles. The molecular formula is C19H27BrN2O3. The molecule has 138 valence electrons. The van der Waals surface area contributed by atoms with E-state index in [-0.39, 0.29) is 6.04 Å². The fourth-order valence-corrected chi connectivity index (χ4v) is 4.11. The molecule has 2 aromatic rings. The molecule has 1 aliphatic rings. The molecule has 3 heterocycles. The van der Waals surface area contributed by atoms with Crippen molar-refractivity contribution in [3.63, 3.8) is 0 Å². The van der Waals surface area contributed by atoms with Crippen molar-refractivity contribution >= 4 is 27.7 Å². The SMILES string of the molecule is CO.COC1CCN(C(C)c2c(C)c(C=O)cc3cc(Br)cn23)CC1. The minimum absolute atomic E-state index is 0.259. The van der Waals surface area contributed by atoms with Gasteiger partial charge < -0.3 is 14.2 Å². The largest absolute Gasteiger partial charge is 0.400 e. The van der Waals surface area contributed by atoms with Crippen molar-refractivity contribution in [3.8, 4) is 0 Å². The summed E-state index contributed by atoms with van der Waals surface area (Å²) in [6, 6.07) is 4.27. The van der Waals surface area contributed by atoms with E-state index in [0.717, 1.165) is 60.4 Å². The molecule has 1 aliphatic heterocycles. The van der Waals surface area contributed by atoms with E-state index in [1.165, 1.54) is 5.69 Å². The van der Waals surface area contributed by atoms with Gasteiger partial charge in [-0.15, -0.1) is 0 Å². The highest BCUT2D eigenvalue weighted by Gasteiger charge is 2.26. The van der Waals surface area contributed by atoms with Crippen LogP contribution in [0.3, 0.4) is 0 Å². The molecule has 2 aromatic heterocycles. The molecule has 5 nitrogen and oxygen atoms in total. The highest BCUT2D eigenvalue weighted by Crippen LogP contribution is 2.31. The molecule has 1 fully saturated rings. The predicted octanol–water partition coefficient (Wildman–Crippen LogP) is 3.60. The standard InChI is InChI=1S/C18H23BrN2O2.CH4O/c1-12-14(11-22)8-16-9-15(19)10-21(16)18(12)13(2)20-6-4-17(23-3)5-7-20;1-2/h8-11,13,17H,4-7H2,1-3H3;2H,1H3. The Labute approximate surface area is 157 Å². The zero-order chi connectivity index (χ0) is 18.6. The van der Waals surface area contributed by atoms with E-state index in [1.54, 1.807) is 7.11 Å². The number of hydrogen-bond donors (Lipinski definition) is 1. The Morgan fingerprint density at radius 1 is 1.32 bits per heavy atom. The number of halogens is 1. The highest BCUT2D eigenvalue weighted by molar-refractivity contribution is 9.10. The van der Waals surface area contributed by atoms with E-state index < -0.39 is 0 Å². The summed E-state index contributed by atoms with van der Waals surface area (Å²) in [6.45, 7) is 6.32. The van der Waals surface area contributed by atoms with Crippen molar-refractivity contribution in [3.05, 3.63) is 39.6 Å². The number of likely N-dealkylation sites (tertiary alicyclic amines) is 1. The Morgan fingerprint density at radius 3 is 2.52 bits per heavy atom. The number of aromatic nitrogens is 1. The van der Waals surface area contributed by atoms with Gasteiger partial charge in [-0.2, -0.15) is 0 Å². The van der Waals surface area contributed by atoms with Crippen LogP contribution in [0.5, 0.6) is 0 Å². The maximum Gasteiger partial charge on any atom is 0.150 e. The lowest BCUT2D eigenvalue weighted by molar-refractivity contribution is 0.0287. The lowest BCUT2D eigenvalue weighted by atomic mass is 9.99. The average molecular weight is 411 g/mol. The predicted molar refractivity (Wildman–Crippen MR) is 103 cm³/mol. The molecule has 1 atom stereocenters. The fourth-order valence-electron chi connectivity index (χ4n) is 3.67. The van der Waals surface area contributed by atoms with Gasteiger partial charge in [-0.25, -0.2) is 0 Å². The van der Waals surface area contributed by atoms with E-state index in [0.29, 0.717) is 6.10 Å². The second-order valence-electron chi connectivity index (χ2n) is 6.33. The number of pyridine rings is 1. The molecule has 0 radical (unpaired) electrons. The number of aliphatic hydroxyl groups excluding tert-OH is 1. The number of hydrogen-bond acceptors (Lipinski definition) is 4. The van der Waals surface area contributed by atoms with Crippen LogP contribution in [0.4, 0.5) is 0 Å². The Morgan fingerprint density at radius 2 is 1.96 bits per heavy atom. The van der Waals surface area contributed by atoms with Crippen LogP contribution in [0, 0.1) is 6.92 Å². The fraction of sp³-hybridized carbons (Fsp3) is 0.526. The molecule has 6 heteroatoms. The number of piperidine rings is 1. The summed E-state index contributed by atoms with van der Waals surface area (Å²) in [5.74, 6) is 0. The molecule has 1 N–H and O–H groups in total. The number of nitrogens with zero attached hydrogens (tertiary/aromatic N) is 2. The van der Waals surface area contributed by atoms with Gasteiger partial charge in [0.25, 0.3) is 0 Å². The summed E-state index contributed by atoms with van der Waals surface area (Å²) >= 11 is 3.55. The van der Waals surface area contributed by atoms with Gasteiger partial charge in [0.2, 0.25) is 0 Å². The normalized spacial score (nSPS) is 17.2. The third kappa shape index (κ3) is 4.14. The van der Waals surface area contributed by atoms with Crippen LogP contribution >= 0.6 is 15.9 Å². The van der Waals surface area contributed by atoms with E-state index in [4.69, 9.17) is 9.84 Å². The van der Waals surface area contributed by atoms with Gasteiger partial charge in [-0.1, -0.05) is 0 Å². The minimum atomic E-state index is 0.259. The van der Waals surface area contributed by atoms with Gasteiger partial charge in [0, 0.05) is 60.8 Å². The lowest BCUT2D eigenvalue weighted by Crippen LogP contribution is -2.39. The van der Waals surface area contributed by atoms with E-state index in [2.05, 4.69) is 44.4 Å². The third-order valence-corrected chi connectivity index (χ3v) is 5.51. The Kier molecular flexibility index (Phi) is 7.19. The molecule has 25 heavy (non-hydrogen) atoms. The summed E-state index contributed by atoms with van der Waals surface area (Å²) in [4.78, 5) is 13.9. The molecule has 0 aromatic carbocycles. The van der Waals surface area contributed by atoms with Crippen LogP contribution in [-0.4, -0.2) is 54.1 Å². The molecule has 0 bridgehead atoms. The van der Waals surface area contributed by atoms with Crippen LogP contribution in [0.25, 0.3) is 5.52 Å². The summed E-state index contributed by atoms with van der Waals surface area (Å²) < 4.78 is 8.72. The third-order valence-electron chi connectivity index (χ3n) is 5.08. The summed E-state index contributed by atoms with van der Waals surface area (Å²) in [7, 11) is 2.79. The van der Waals surface area contributed by atoms with Gasteiger partial charge >= 0.3 is 0 Å². The smallest absolute Gasteiger partial charge is 0.150 e. The molecule has 0 amide bonds. The first-order valence-electron chi connectivity index (χ1n) is 8.53. The number of rotatable bonds is 4. The maximum atomic E-state index is 11.5. The van der Waals surface area contributed by atoms with Gasteiger partial charge in [0.15, 0.2) is 0 Å². The maximum absolute atomic E-state index is 11.5. The number of carbonyl (C=O) groups excluding carboxylic acids is 1. The first-order valence-corrected chi connectivity index (χ1v) is 9.32. The molecule has 0 saturated carbocycles. The van der Waals surface area contributed by atoms with Gasteiger partial charge in [0.05, 0.1) is 6.10 Å². The van der Waals surface area contributed by atoms with Crippen LogP contribution in [0.2, 0.25) is 0 Å². The van der Waals surface area contributed by atoms with Crippen molar-refractivity contribution in [2.24, 2.45) is 0 Å². The quantitative estimate of drug-likeness (QED) is 0.782. The van der Waals surface area contributed by atoms with E-state index in [1.807, 2.05) is 13.0 Å². The van der Waals surface area contributed by atoms with Gasteiger partial charge in [0.1, 0.15) is 6.29 Å². The number of carbonyl (C=O) groups is 1. The van der Waals surface area contributed by atoms with E-state index >= 15 is 0 Å². The number of aldehydes is 1. The molecule has 0 spiro atoms. The monoisotopic (exact) mass is 410 g/mol. The van der Waals surface area contributed by atoms with Crippen molar-refractivity contribution < 1.29 is 14.6 Å². The number of aliphatic hydroxyl groups is 1. The van der Waals surface area contributed by atoms with Crippen LogP contribution in [-0.2, 0) is 4.74 Å². The first-order chi connectivity index (χ1) is 12.0. The van der Waals surface area contributed by atoms with Gasteiger partial charge in [-0.05, 0) is 60.3 Å². The Bertz CT molecular complexity index is 721. The van der Waals surface area contributed by atoms with Crippen LogP contribution in [0.15, 0.2) is 22.8 Å². The number of methoxy groups -OCH3 is 1. The number of ether oxygens (including phenoxy) is 1. The Hall–Kier alpha value is -1.21. The first kappa shape index (κ1) is 20.1. The zero-order valence-electron chi connectivity index (χ0n) is 15.3. The van der Waals surface area contributed by atoms with E-state index in [9.17, 15) is 4.79 Å². The molecular weight excluding hydrogens is 384 g/mol. The second-order valence-corrected chi connectivity index (χ2v) is 7.24. The molecule has 3 rings (SSSR count). The Balaban J connectivity index is 0.00000109. The number of fused-ring (bicyclic) bond motifs is 1. The van der Waals surface area contributed by atoms with Crippen molar-refractivity contribution in [1.29, 1.82) is 0 Å². The lowest BCUT2D eigenvalue weighted by Gasteiger charge is -2.36. The highest BCUT2D eigenvalue weighted by atomic mass is 79.9. The zero-order valence-corrected chi connectivity index (χ0v) is 16.9. The molecule has 0 aliphatic carbocycles.